The van der Waals surface area contributed by atoms with Crippen molar-refractivity contribution in [2.75, 3.05) is 11.9 Å². The fourth-order valence-electron chi connectivity index (χ4n) is 1.63. The number of amides is 2. The lowest BCUT2D eigenvalue weighted by molar-refractivity contribution is -0.118. The second-order valence-corrected chi connectivity index (χ2v) is 4.35. The highest BCUT2D eigenvalue weighted by molar-refractivity contribution is 5.95. The van der Waals surface area contributed by atoms with E-state index in [2.05, 4.69) is 5.32 Å². The molecule has 2 amide bonds. The minimum atomic E-state index is -1.06. The Hall–Kier alpha value is -2.96. The lowest BCUT2D eigenvalue weighted by atomic mass is 10.2. The summed E-state index contributed by atoms with van der Waals surface area (Å²) in [5.74, 6) is -3.07. The average Bonchev–Trinajstić information content (AvgIpc) is 2.49. The number of nitrogens with two attached hydrogens (primary N) is 1. The highest BCUT2D eigenvalue weighted by Gasteiger charge is 2.07. The van der Waals surface area contributed by atoms with E-state index in [0.29, 0.717) is 11.3 Å². The van der Waals surface area contributed by atoms with Crippen LogP contribution < -0.4 is 15.8 Å². The molecule has 0 aliphatic heterocycles. The van der Waals surface area contributed by atoms with Crippen molar-refractivity contribution in [3.63, 3.8) is 0 Å². The number of ether oxygens (including phenoxy) is 1. The van der Waals surface area contributed by atoms with Crippen molar-refractivity contribution in [2.24, 2.45) is 5.73 Å². The fraction of sp³-hybridized carbons (Fsp3) is 0.0667. The second kappa shape index (κ2) is 6.66. The Kier molecular flexibility index (Phi) is 4.67. The van der Waals surface area contributed by atoms with Gasteiger partial charge in [-0.3, -0.25) is 9.59 Å². The molecule has 3 N–H and O–H groups in total. The van der Waals surface area contributed by atoms with Crippen LogP contribution in [-0.2, 0) is 4.79 Å². The van der Waals surface area contributed by atoms with Crippen LogP contribution in [0.4, 0.5) is 14.5 Å². The predicted molar refractivity (Wildman–Crippen MR) is 75.4 cm³/mol. The molecule has 114 valence electrons. The van der Waals surface area contributed by atoms with E-state index in [-0.39, 0.29) is 12.4 Å². The van der Waals surface area contributed by atoms with Gasteiger partial charge < -0.3 is 15.8 Å². The molecule has 0 saturated carbocycles. The Morgan fingerprint density at radius 1 is 1.05 bits per heavy atom. The predicted octanol–water partition coefficient (Wildman–Crippen LogP) is 2.08. The molecular weight excluding hydrogens is 294 g/mol. The summed E-state index contributed by atoms with van der Waals surface area (Å²) >= 11 is 0. The van der Waals surface area contributed by atoms with Crippen LogP contribution in [0.3, 0.4) is 0 Å². The Bertz CT molecular complexity index is 702. The second-order valence-electron chi connectivity index (χ2n) is 4.35. The minimum Gasteiger partial charge on any atom is -0.484 e. The maximum Gasteiger partial charge on any atom is 0.262 e. The number of primary amides is 1. The summed E-state index contributed by atoms with van der Waals surface area (Å²) in [6.45, 7) is -0.372. The molecular formula is C15H12F2N2O3. The van der Waals surface area contributed by atoms with Crippen LogP contribution in [0.25, 0.3) is 0 Å². The SMILES string of the molecule is NC(=O)c1ccc(NC(=O)COc2ccc(F)c(F)c2)cc1. The van der Waals surface area contributed by atoms with E-state index in [1.165, 1.54) is 30.3 Å². The molecule has 22 heavy (non-hydrogen) atoms. The number of nitrogens with one attached hydrogen (secondary N) is 1. The molecule has 0 radical (unpaired) electrons. The van der Waals surface area contributed by atoms with Crippen molar-refractivity contribution in [3.8, 4) is 5.75 Å². The molecule has 2 aromatic rings. The first kappa shape index (κ1) is 15.4. The summed E-state index contributed by atoms with van der Waals surface area (Å²) in [5.41, 5.74) is 5.86. The number of carbonyl (C=O) groups excluding carboxylic acids is 2. The van der Waals surface area contributed by atoms with Gasteiger partial charge in [0, 0.05) is 17.3 Å². The topological polar surface area (TPSA) is 81.4 Å². The number of rotatable bonds is 5. The zero-order chi connectivity index (χ0) is 16.1. The number of carbonyl (C=O) groups is 2. The van der Waals surface area contributed by atoms with Crippen molar-refractivity contribution in [1.29, 1.82) is 0 Å². The fourth-order valence-corrected chi connectivity index (χ4v) is 1.63. The molecule has 0 bridgehead atoms. The Labute approximate surface area is 124 Å². The van der Waals surface area contributed by atoms with Crippen molar-refractivity contribution in [2.45, 2.75) is 0 Å². The standard InChI is InChI=1S/C15H12F2N2O3/c16-12-6-5-11(7-13(12)17)22-8-14(20)19-10-3-1-9(2-4-10)15(18)21/h1-7H,8H2,(H2,18,21)(H,19,20). The maximum atomic E-state index is 13.0. The van der Waals surface area contributed by atoms with Gasteiger partial charge in [0.05, 0.1) is 0 Å². The molecule has 7 heteroatoms. The van der Waals surface area contributed by atoms with Gasteiger partial charge in [-0.15, -0.1) is 0 Å². The van der Waals surface area contributed by atoms with Gasteiger partial charge in [-0.2, -0.15) is 0 Å². The summed E-state index contributed by atoms with van der Waals surface area (Å²) in [6.07, 6.45) is 0. The summed E-state index contributed by atoms with van der Waals surface area (Å²) in [7, 11) is 0. The zero-order valence-corrected chi connectivity index (χ0v) is 11.3. The van der Waals surface area contributed by atoms with E-state index in [0.717, 1.165) is 12.1 Å². The molecule has 0 aliphatic rings. The van der Waals surface area contributed by atoms with Gasteiger partial charge in [0.25, 0.3) is 5.91 Å². The normalized spacial score (nSPS) is 10.1. The largest absolute Gasteiger partial charge is 0.484 e. The van der Waals surface area contributed by atoms with Crippen LogP contribution in [0.1, 0.15) is 10.4 Å². The molecule has 0 spiro atoms. The van der Waals surface area contributed by atoms with Gasteiger partial charge in [-0.25, -0.2) is 8.78 Å². The third-order valence-corrected chi connectivity index (χ3v) is 2.71. The van der Waals surface area contributed by atoms with Gasteiger partial charge in [0.2, 0.25) is 5.91 Å². The Morgan fingerprint density at radius 2 is 1.73 bits per heavy atom. The number of hydrogen-bond acceptors (Lipinski definition) is 3. The van der Waals surface area contributed by atoms with Crippen molar-refractivity contribution >= 4 is 17.5 Å². The molecule has 0 aliphatic carbocycles. The molecule has 2 rings (SSSR count). The van der Waals surface area contributed by atoms with Crippen LogP contribution in [0, 0.1) is 11.6 Å². The molecule has 0 saturated heterocycles. The van der Waals surface area contributed by atoms with Crippen LogP contribution in [0.5, 0.6) is 5.75 Å². The van der Waals surface area contributed by atoms with Crippen molar-refractivity contribution in [3.05, 3.63) is 59.7 Å². The van der Waals surface area contributed by atoms with Crippen LogP contribution in [0.2, 0.25) is 0 Å². The molecule has 0 fully saturated rings. The zero-order valence-electron chi connectivity index (χ0n) is 11.3. The van der Waals surface area contributed by atoms with Crippen LogP contribution in [0.15, 0.2) is 42.5 Å². The summed E-state index contributed by atoms with van der Waals surface area (Å²) in [5, 5.41) is 2.52. The number of anilines is 1. The van der Waals surface area contributed by atoms with E-state index in [9.17, 15) is 18.4 Å². The molecule has 0 unspecified atom stereocenters. The van der Waals surface area contributed by atoms with Gasteiger partial charge >= 0.3 is 0 Å². The lowest BCUT2D eigenvalue weighted by Gasteiger charge is -2.08. The average molecular weight is 306 g/mol. The quantitative estimate of drug-likeness (QED) is 0.887. The van der Waals surface area contributed by atoms with E-state index in [4.69, 9.17) is 10.5 Å². The third kappa shape index (κ3) is 4.02. The van der Waals surface area contributed by atoms with Gasteiger partial charge in [0.1, 0.15) is 5.75 Å². The molecule has 0 atom stereocenters. The maximum absolute atomic E-state index is 13.0. The summed E-state index contributed by atoms with van der Waals surface area (Å²) in [6, 6.07) is 8.93. The number of halogens is 2. The molecule has 0 heterocycles. The van der Waals surface area contributed by atoms with Crippen LogP contribution >= 0.6 is 0 Å². The van der Waals surface area contributed by atoms with Crippen molar-refractivity contribution < 1.29 is 23.1 Å². The monoisotopic (exact) mass is 306 g/mol. The number of hydrogen-bond donors (Lipinski definition) is 2. The van der Waals surface area contributed by atoms with E-state index in [1.54, 1.807) is 0 Å². The Morgan fingerprint density at radius 3 is 2.32 bits per heavy atom. The van der Waals surface area contributed by atoms with Gasteiger partial charge in [-0.05, 0) is 36.4 Å². The highest BCUT2D eigenvalue weighted by Crippen LogP contribution is 2.15. The highest BCUT2D eigenvalue weighted by atomic mass is 19.2. The number of benzene rings is 2. The molecule has 5 nitrogen and oxygen atoms in total. The van der Waals surface area contributed by atoms with Gasteiger partial charge in [-0.1, -0.05) is 0 Å². The van der Waals surface area contributed by atoms with E-state index >= 15 is 0 Å². The smallest absolute Gasteiger partial charge is 0.262 e. The summed E-state index contributed by atoms with van der Waals surface area (Å²) < 4.78 is 30.7. The first-order valence-corrected chi connectivity index (χ1v) is 6.23. The Balaban J connectivity index is 1.89. The van der Waals surface area contributed by atoms with E-state index in [1.807, 2.05) is 0 Å². The van der Waals surface area contributed by atoms with E-state index < -0.39 is 23.4 Å². The molecule has 2 aromatic carbocycles. The molecule has 0 aromatic heterocycles. The lowest BCUT2D eigenvalue weighted by Crippen LogP contribution is -2.20. The summed E-state index contributed by atoms with van der Waals surface area (Å²) in [4.78, 5) is 22.6. The van der Waals surface area contributed by atoms with Crippen molar-refractivity contribution in [1.82, 2.24) is 0 Å². The van der Waals surface area contributed by atoms with Crippen LogP contribution in [-0.4, -0.2) is 18.4 Å². The van der Waals surface area contributed by atoms with Gasteiger partial charge in [0.15, 0.2) is 18.2 Å². The first-order valence-electron chi connectivity index (χ1n) is 6.23. The first-order chi connectivity index (χ1) is 10.5. The minimum absolute atomic E-state index is 0.0399. The third-order valence-electron chi connectivity index (χ3n) is 2.71.